The van der Waals surface area contributed by atoms with Crippen molar-refractivity contribution in [3.8, 4) is 0 Å². The molecule has 4 saturated carbocycles. The third kappa shape index (κ3) is 2.89. The van der Waals surface area contributed by atoms with Gasteiger partial charge in [-0.05, 0) is 97.7 Å². The molecule has 0 bridgehead atoms. The molecular formula is C25H38O2. The number of fused-ring (bicyclic) bond motifs is 5. The first-order chi connectivity index (χ1) is 13.0. The van der Waals surface area contributed by atoms with Crippen LogP contribution in [-0.2, 0) is 9.59 Å². The highest BCUT2D eigenvalue weighted by atomic mass is 16.1. The second-order valence-corrected chi connectivity index (χ2v) is 11.0. The molecule has 2 heteroatoms. The number of rotatable bonds is 4. The molecule has 0 aromatic carbocycles. The van der Waals surface area contributed by atoms with Crippen LogP contribution in [0.25, 0.3) is 0 Å². The van der Waals surface area contributed by atoms with Crippen LogP contribution in [0.4, 0.5) is 0 Å². The molecule has 0 amide bonds. The van der Waals surface area contributed by atoms with Gasteiger partial charge in [0, 0.05) is 12.0 Å². The first-order valence-electron chi connectivity index (χ1n) is 11.6. The van der Waals surface area contributed by atoms with Gasteiger partial charge in [0.2, 0.25) is 0 Å². The minimum atomic E-state index is 0.351. The molecule has 2 nitrogen and oxygen atoms in total. The highest BCUT2D eigenvalue weighted by Crippen LogP contribution is 2.69. The van der Waals surface area contributed by atoms with Crippen LogP contribution in [0.5, 0.6) is 0 Å². The molecule has 4 fully saturated rings. The molecule has 27 heavy (non-hydrogen) atoms. The molecule has 0 aliphatic heterocycles. The number of hydrogen-bond donors (Lipinski definition) is 0. The number of aldehydes is 1. The molecule has 0 aromatic rings. The van der Waals surface area contributed by atoms with E-state index in [-0.39, 0.29) is 0 Å². The maximum atomic E-state index is 12.0. The smallest absolute Gasteiger partial charge is 0.123 e. The zero-order chi connectivity index (χ0) is 19.2. The van der Waals surface area contributed by atoms with Crippen LogP contribution >= 0.6 is 0 Å². The summed E-state index contributed by atoms with van der Waals surface area (Å²) in [5.41, 5.74) is 1.96. The fraction of sp³-hybridized carbons (Fsp3) is 0.880. The lowest BCUT2D eigenvalue weighted by Gasteiger charge is -2.60. The topological polar surface area (TPSA) is 34.1 Å². The highest BCUT2D eigenvalue weighted by molar-refractivity contribution is 5.55. The second kappa shape index (κ2) is 7.18. The zero-order valence-corrected chi connectivity index (χ0v) is 17.6. The van der Waals surface area contributed by atoms with Crippen molar-refractivity contribution in [1.29, 1.82) is 0 Å². The molecule has 150 valence electrons. The van der Waals surface area contributed by atoms with Gasteiger partial charge in [0.1, 0.15) is 12.2 Å². The molecule has 4 rings (SSSR count). The van der Waals surface area contributed by atoms with Crippen LogP contribution < -0.4 is 0 Å². The lowest BCUT2D eigenvalue weighted by Crippen LogP contribution is -2.54. The van der Waals surface area contributed by atoms with E-state index in [1.165, 1.54) is 51.4 Å². The summed E-state index contributed by atoms with van der Waals surface area (Å²) in [5, 5.41) is 0. The fourth-order valence-corrected chi connectivity index (χ4v) is 8.64. The monoisotopic (exact) mass is 370 g/mol. The standard InChI is InChI=1S/C25H38O2/c1-17(7-6-14-26)20-9-10-21-23-18(16-27)15-19-8-4-5-12-24(19,2)22(23)11-13-25(20,21)3/h14,17,19-23H,4-13,15H2,1-3H3/t17-,19?,20-,21+,22+,23+,24+,25-/m1/s1. The third-order valence-electron chi connectivity index (χ3n) is 10.1. The van der Waals surface area contributed by atoms with E-state index in [2.05, 4.69) is 26.7 Å². The maximum Gasteiger partial charge on any atom is 0.123 e. The van der Waals surface area contributed by atoms with Crippen molar-refractivity contribution < 1.29 is 9.59 Å². The van der Waals surface area contributed by atoms with Gasteiger partial charge < -0.3 is 4.79 Å². The van der Waals surface area contributed by atoms with Crippen molar-refractivity contribution in [2.45, 2.75) is 91.4 Å². The normalized spacial score (nSPS) is 47.4. The van der Waals surface area contributed by atoms with Crippen LogP contribution in [0.3, 0.4) is 0 Å². The Kier molecular flexibility index (Phi) is 5.17. The van der Waals surface area contributed by atoms with E-state index in [9.17, 15) is 9.59 Å². The second-order valence-electron chi connectivity index (χ2n) is 11.0. The first-order valence-corrected chi connectivity index (χ1v) is 11.6. The Balaban J connectivity index is 1.64. The minimum Gasteiger partial charge on any atom is -0.303 e. The van der Waals surface area contributed by atoms with E-state index in [0.717, 1.165) is 30.6 Å². The summed E-state index contributed by atoms with van der Waals surface area (Å²) in [5.74, 6) is 6.39. The quantitative estimate of drug-likeness (QED) is 0.448. The molecule has 4 aliphatic carbocycles. The average Bonchev–Trinajstić information content (AvgIpc) is 3.02. The van der Waals surface area contributed by atoms with E-state index >= 15 is 0 Å². The first kappa shape index (κ1) is 19.4. The Hall–Kier alpha value is -0.880. The molecule has 0 aromatic heterocycles. The van der Waals surface area contributed by atoms with Crippen molar-refractivity contribution in [2.75, 3.05) is 0 Å². The summed E-state index contributed by atoms with van der Waals surface area (Å²) in [6.07, 6.45) is 14.4. The summed E-state index contributed by atoms with van der Waals surface area (Å²) in [7, 11) is 0. The van der Waals surface area contributed by atoms with Crippen LogP contribution in [0.2, 0.25) is 0 Å². The van der Waals surface area contributed by atoms with Gasteiger partial charge in [-0.3, -0.25) is 0 Å². The Bertz CT molecular complexity index is 632. The lowest BCUT2D eigenvalue weighted by molar-refractivity contribution is -0.108. The summed E-state index contributed by atoms with van der Waals surface area (Å²) < 4.78 is 0. The molecule has 0 spiro atoms. The summed E-state index contributed by atoms with van der Waals surface area (Å²) in [6, 6.07) is 0. The van der Waals surface area contributed by atoms with Crippen LogP contribution in [-0.4, -0.2) is 12.2 Å². The molecule has 4 aliphatic rings. The summed E-state index contributed by atoms with van der Waals surface area (Å²) in [6.45, 7) is 7.46. The maximum absolute atomic E-state index is 12.0. The van der Waals surface area contributed by atoms with Gasteiger partial charge in [-0.1, -0.05) is 33.6 Å². The largest absolute Gasteiger partial charge is 0.303 e. The minimum absolute atomic E-state index is 0.351. The van der Waals surface area contributed by atoms with Gasteiger partial charge in [0.25, 0.3) is 0 Å². The molecular weight excluding hydrogens is 332 g/mol. The van der Waals surface area contributed by atoms with Crippen molar-refractivity contribution in [3.63, 3.8) is 0 Å². The molecule has 1 unspecified atom stereocenters. The van der Waals surface area contributed by atoms with E-state index in [1.807, 2.05) is 0 Å². The SMILES string of the molecule is C[C@H](CCC=O)[C@H]1CC[C@H]2[C@@H]3C(=C=O)CC4CCCC[C@]4(C)[C@H]3CC[C@]12C. The fourth-order valence-electron chi connectivity index (χ4n) is 8.64. The van der Waals surface area contributed by atoms with E-state index in [1.54, 1.807) is 0 Å². The Morgan fingerprint density at radius 2 is 1.85 bits per heavy atom. The van der Waals surface area contributed by atoms with Crippen molar-refractivity contribution >= 4 is 12.2 Å². The van der Waals surface area contributed by atoms with Crippen molar-refractivity contribution in [3.05, 3.63) is 5.57 Å². The van der Waals surface area contributed by atoms with Gasteiger partial charge in [0.05, 0.1) is 0 Å². The van der Waals surface area contributed by atoms with Crippen molar-refractivity contribution in [2.24, 2.45) is 46.3 Å². The van der Waals surface area contributed by atoms with E-state index in [4.69, 9.17) is 0 Å². The predicted octanol–water partition coefficient (Wildman–Crippen LogP) is 6.02. The van der Waals surface area contributed by atoms with Gasteiger partial charge in [-0.25, -0.2) is 4.79 Å². The number of carbonyl (C=O) groups is 1. The number of carbonyl (C=O) groups excluding carboxylic acids is 2. The highest BCUT2D eigenvalue weighted by Gasteiger charge is 2.61. The van der Waals surface area contributed by atoms with Gasteiger partial charge >= 0.3 is 0 Å². The summed E-state index contributed by atoms with van der Waals surface area (Å²) >= 11 is 0. The van der Waals surface area contributed by atoms with Crippen molar-refractivity contribution in [1.82, 2.24) is 0 Å². The average molecular weight is 371 g/mol. The number of allylic oxidation sites excluding steroid dienone is 1. The Morgan fingerprint density at radius 3 is 2.59 bits per heavy atom. The lowest BCUT2D eigenvalue weighted by atomic mass is 9.43. The van der Waals surface area contributed by atoms with Crippen LogP contribution in [0.15, 0.2) is 5.57 Å². The molecule has 0 saturated heterocycles. The number of hydrogen-bond acceptors (Lipinski definition) is 2. The van der Waals surface area contributed by atoms with Gasteiger partial charge in [-0.15, -0.1) is 0 Å². The Morgan fingerprint density at radius 1 is 1.07 bits per heavy atom. The van der Waals surface area contributed by atoms with Gasteiger partial charge in [-0.2, -0.15) is 0 Å². The molecule has 0 radical (unpaired) electrons. The zero-order valence-electron chi connectivity index (χ0n) is 17.6. The van der Waals surface area contributed by atoms with E-state index in [0.29, 0.717) is 46.8 Å². The molecule has 0 heterocycles. The van der Waals surface area contributed by atoms with Gasteiger partial charge in [0.15, 0.2) is 0 Å². The van der Waals surface area contributed by atoms with Crippen LogP contribution in [0, 0.1) is 46.3 Å². The van der Waals surface area contributed by atoms with E-state index < -0.39 is 0 Å². The molecule has 0 N–H and O–H groups in total. The summed E-state index contributed by atoms with van der Waals surface area (Å²) in [4.78, 5) is 22.9. The molecule has 8 atom stereocenters. The van der Waals surface area contributed by atoms with Crippen LogP contribution in [0.1, 0.15) is 91.4 Å². The predicted molar refractivity (Wildman–Crippen MR) is 109 cm³/mol. The Labute approximate surface area is 165 Å². The third-order valence-corrected chi connectivity index (χ3v) is 10.1.